The van der Waals surface area contributed by atoms with Crippen molar-refractivity contribution >= 4 is 39.0 Å². The molecule has 4 N–H and O–H groups in total. The lowest BCUT2D eigenvalue weighted by Crippen LogP contribution is -2.47. The molecule has 15 heteroatoms. The van der Waals surface area contributed by atoms with Crippen molar-refractivity contribution in [3.8, 4) is 17.2 Å². The Hall–Kier alpha value is -4.08. The summed E-state index contributed by atoms with van der Waals surface area (Å²) < 4.78 is 36.2. The number of nitrogens with one attached hydrogen (secondary N) is 2. The molecule has 0 unspecified atom stereocenters. The number of para-hydroxylation sites is 1. The summed E-state index contributed by atoms with van der Waals surface area (Å²) in [6, 6.07) is 6.81. The molecule has 0 radical (unpaired) electrons. The number of amides is 2. The van der Waals surface area contributed by atoms with E-state index in [-0.39, 0.29) is 23.3 Å². The van der Waals surface area contributed by atoms with Gasteiger partial charge in [-0.05, 0) is 25.0 Å². The molecular formula is C25H30N8O6S. The van der Waals surface area contributed by atoms with Gasteiger partial charge < -0.3 is 25.6 Å². The molecule has 40 heavy (non-hydrogen) atoms. The summed E-state index contributed by atoms with van der Waals surface area (Å²) in [7, 11) is -1.72. The molecule has 1 saturated heterocycles. The van der Waals surface area contributed by atoms with E-state index in [0.717, 1.165) is 12.8 Å². The van der Waals surface area contributed by atoms with Crippen LogP contribution in [0, 0.1) is 5.92 Å². The quantitative estimate of drug-likeness (QED) is 0.320. The fraction of sp³-hybridized carbons (Fsp3) is 0.400. The molecule has 212 valence electrons. The second kappa shape index (κ2) is 11.2. The number of aromatic nitrogens is 3. The second-order valence-corrected chi connectivity index (χ2v) is 11.7. The molecule has 1 aliphatic heterocycles. The highest BCUT2D eigenvalue weighted by Crippen LogP contribution is 2.38. The van der Waals surface area contributed by atoms with E-state index >= 15 is 0 Å². The van der Waals surface area contributed by atoms with Crippen LogP contribution in [0.15, 0.2) is 35.0 Å². The van der Waals surface area contributed by atoms with Gasteiger partial charge >= 0.3 is 0 Å². The Morgan fingerprint density at radius 2 is 1.93 bits per heavy atom. The van der Waals surface area contributed by atoms with Crippen molar-refractivity contribution < 1.29 is 27.3 Å². The van der Waals surface area contributed by atoms with Crippen LogP contribution in [-0.4, -0.2) is 84.1 Å². The van der Waals surface area contributed by atoms with Gasteiger partial charge in [0.05, 0.1) is 42.4 Å². The van der Waals surface area contributed by atoms with Crippen molar-refractivity contribution in [1.29, 1.82) is 0 Å². The molecular weight excluding hydrogens is 540 g/mol. The van der Waals surface area contributed by atoms with Gasteiger partial charge in [-0.2, -0.15) is 9.29 Å². The van der Waals surface area contributed by atoms with Crippen LogP contribution < -0.4 is 21.1 Å². The third-order valence-electron chi connectivity index (χ3n) is 6.72. The van der Waals surface area contributed by atoms with E-state index in [1.807, 2.05) is 0 Å². The number of methoxy groups -OCH3 is 1. The summed E-state index contributed by atoms with van der Waals surface area (Å²) in [6.45, 7) is 2.31. The summed E-state index contributed by atoms with van der Waals surface area (Å²) >= 11 is 0. The van der Waals surface area contributed by atoms with Gasteiger partial charge in [0.15, 0.2) is 11.6 Å². The summed E-state index contributed by atoms with van der Waals surface area (Å²) in [5, 5.41) is 10.0. The van der Waals surface area contributed by atoms with E-state index in [4.69, 9.17) is 15.0 Å². The number of anilines is 3. The first-order valence-electron chi connectivity index (χ1n) is 12.7. The van der Waals surface area contributed by atoms with Crippen LogP contribution >= 0.6 is 0 Å². The lowest BCUT2D eigenvalue weighted by molar-refractivity contribution is -0.117. The molecule has 1 aromatic carbocycles. The Morgan fingerprint density at radius 3 is 2.58 bits per heavy atom. The maximum atomic E-state index is 12.2. The van der Waals surface area contributed by atoms with Gasteiger partial charge in [0.25, 0.3) is 11.8 Å². The minimum Gasteiger partial charge on any atom is -0.494 e. The molecule has 5 rings (SSSR count). The van der Waals surface area contributed by atoms with Crippen LogP contribution in [0.1, 0.15) is 29.0 Å². The number of hydrogen-bond donors (Lipinski definition) is 3. The lowest BCUT2D eigenvalue weighted by Gasteiger charge is -2.32. The zero-order valence-electron chi connectivity index (χ0n) is 22.1. The fourth-order valence-electron chi connectivity index (χ4n) is 4.41. The molecule has 0 bridgehead atoms. The summed E-state index contributed by atoms with van der Waals surface area (Å²) in [4.78, 5) is 35.0. The number of sulfonamides is 1. The predicted molar refractivity (Wildman–Crippen MR) is 145 cm³/mol. The van der Waals surface area contributed by atoms with E-state index in [0.29, 0.717) is 67.1 Å². The first-order valence-corrected chi connectivity index (χ1v) is 14.5. The van der Waals surface area contributed by atoms with Gasteiger partial charge in [0, 0.05) is 44.4 Å². The van der Waals surface area contributed by atoms with Crippen LogP contribution in [0.5, 0.6) is 5.75 Å². The Morgan fingerprint density at radius 1 is 1.18 bits per heavy atom. The number of pyridine rings is 1. The number of rotatable bonds is 10. The molecule has 14 nitrogen and oxygen atoms in total. The molecule has 2 aromatic heterocycles. The van der Waals surface area contributed by atoms with Crippen molar-refractivity contribution in [3.05, 3.63) is 41.9 Å². The van der Waals surface area contributed by atoms with E-state index in [1.54, 1.807) is 24.3 Å². The van der Waals surface area contributed by atoms with Gasteiger partial charge in [-0.3, -0.25) is 14.5 Å². The van der Waals surface area contributed by atoms with Crippen molar-refractivity contribution in [2.45, 2.75) is 19.4 Å². The third kappa shape index (κ3) is 6.21. The molecule has 2 aliphatic rings. The number of carbonyl (C=O) groups is 2. The first kappa shape index (κ1) is 27.5. The van der Waals surface area contributed by atoms with Gasteiger partial charge in [0.1, 0.15) is 5.82 Å². The highest BCUT2D eigenvalue weighted by Gasteiger charge is 2.30. The maximum Gasteiger partial charge on any atom is 0.261 e. The molecule has 3 heterocycles. The molecule has 2 fully saturated rings. The highest BCUT2D eigenvalue weighted by molar-refractivity contribution is 7.88. The average Bonchev–Trinajstić information content (AvgIpc) is 3.67. The lowest BCUT2D eigenvalue weighted by atomic mass is 10.1. The van der Waals surface area contributed by atoms with Crippen molar-refractivity contribution in [2.75, 3.05) is 50.2 Å². The van der Waals surface area contributed by atoms with Crippen LogP contribution in [-0.2, 0) is 21.4 Å². The van der Waals surface area contributed by atoms with Crippen LogP contribution in [0.3, 0.4) is 0 Å². The summed E-state index contributed by atoms with van der Waals surface area (Å²) in [5.41, 5.74) is 7.05. The highest BCUT2D eigenvalue weighted by atomic mass is 32.2. The van der Waals surface area contributed by atoms with Crippen LogP contribution in [0.4, 0.5) is 17.2 Å². The van der Waals surface area contributed by atoms with Gasteiger partial charge in [-0.15, -0.1) is 0 Å². The zero-order valence-corrected chi connectivity index (χ0v) is 22.9. The fourth-order valence-corrected chi connectivity index (χ4v) is 5.24. The monoisotopic (exact) mass is 570 g/mol. The predicted octanol–water partition coefficient (Wildman–Crippen LogP) is 1.41. The number of hydrogen-bond acceptors (Lipinski definition) is 11. The SMILES string of the molecule is COc1c(Nc2cc(NC(=O)C3CC3)ncc2C(N)=O)cccc1-c1nc(CN2CCN(S(C)(=O)=O)CC2)no1. The normalized spacial score (nSPS) is 16.4. The standard InChI is InChI=1S/C25H30N8O6S/c1-38-22-16(25-30-21(31-39-25)14-32-8-10-33(11-9-32)40(2,36)37)4-3-5-18(22)28-19-12-20(27-13-17(19)23(26)34)29-24(35)15-6-7-15/h3-5,12-13,15H,6-11,14H2,1-2H3,(H2,26,34)(H2,27,28,29,35). The van der Waals surface area contributed by atoms with Crippen molar-refractivity contribution in [3.63, 3.8) is 0 Å². The molecule has 3 aromatic rings. The van der Waals surface area contributed by atoms with Crippen LogP contribution in [0.25, 0.3) is 11.5 Å². The average molecular weight is 571 g/mol. The number of nitrogens with zero attached hydrogens (tertiary/aromatic N) is 5. The molecule has 0 spiro atoms. The topological polar surface area (TPSA) is 186 Å². The number of primary amides is 1. The third-order valence-corrected chi connectivity index (χ3v) is 8.02. The number of ether oxygens (including phenoxy) is 1. The molecule has 1 saturated carbocycles. The minimum absolute atomic E-state index is 0.0119. The maximum absolute atomic E-state index is 12.2. The Balaban J connectivity index is 1.35. The molecule has 1 aliphatic carbocycles. The van der Waals surface area contributed by atoms with E-state index in [2.05, 4.69) is 30.7 Å². The first-order chi connectivity index (χ1) is 19.1. The number of piperazine rings is 1. The smallest absolute Gasteiger partial charge is 0.261 e. The van der Waals surface area contributed by atoms with Crippen molar-refractivity contribution in [1.82, 2.24) is 24.3 Å². The Labute approximate surface area is 230 Å². The van der Waals surface area contributed by atoms with E-state index < -0.39 is 15.9 Å². The van der Waals surface area contributed by atoms with Crippen LogP contribution in [0.2, 0.25) is 0 Å². The summed E-state index contributed by atoms with van der Waals surface area (Å²) in [5.74, 6) is 0.534. The van der Waals surface area contributed by atoms with E-state index in [9.17, 15) is 18.0 Å². The number of carbonyl (C=O) groups excluding carboxylic acids is 2. The van der Waals surface area contributed by atoms with Gasteiger partial charge in [-0.25, -0.2) is 13.4 Å². The Bertz CT molecular complexity index is 1530. The van der Waals surface area contributed by atoms with Gasteiger partial charge in [0.2, 0.25) is 15.9 Å². The number of benzene rings is 1. The largest absolute Gasteiger partial charge is 0.494 e. The zero-order chi connectivity index (χ0) is 28.4. The minimum atomic E-state index is -3.22. The van der Waals surface area contributed by atoms with E-state index in [1.165, 1.54) is 23.9 Å². The van der Waals surface area contributed by atoms with Gasteiger partial charge in [-0.1, -0.05) is 11.2 Å². The number of nitrogens with two attached hydrogens (primary N) is 1. The van der Waals surface area contributed by atoms with Crippen molar-refractivity contribution in [2.24, 2.45) is 11.7 Å². The Kier molecular flexibility index (Phi) is 7.69. The summed E-state index contributed by atoms with van der Waals surface area (Å²) in [6.07, 6.45) is 4.21. The molecule has 2 amide bonds. The molecule has 0 atom stereocenters. The second-order valence-electron chi connectivity index (χ2n) is 9.71.